The highest BCUT2D eigenvalue weighted by atomic mass is 35.5. The zero-order chi connectivity index (χ0) is 24.6. The Balaban J connectivity index is 1.65. The van der Waals surface area contributed by atoms with Crippen LogP contribution in [0.2, 0.25) is 10.0 Å². The van der Waals surface area contributed by atoms with E-state index in [1.54, 1.807) is 7.85 Å². The van der Waals surface area contributed by atoms with E-state index < -0.39 is 5.82 Å². The smallest absolute Gasteiger partial charge is 0.247 e. The van der Waals surface area contributed by atoms with Gasteiger partial charge in [-0.3, -0.25) is 0 Å². The number of hydrogen-bond donors (Lipinski definition) is 1. The second kappa shape index (κ2) is 9.37. The number of aromatic hydroxyl groups is 1. The molecule has 6 nitrogen and oxygen atoms in total. The summed E-state index contributed by atoms with van der Waals surface area (Å²) in [5.74, 6) is -0.172. The summed E-state index contributed by atoms with van der Waals surface area (Å²) in [6.45, 7) is 3.69. The minimum atomic E-state index is -0.703. The molecule has 0 aliphatic rings. The van der Waals surface area contributed by atoms with Gasteiger partial charge >= 0.3 is 0 Å². The van der Waals surface area contributed by atoms with Crippen molar-refractivity contribution in [2.24, 2.45) is 0 Å². The molecule has 10 heteroatoms. The minimum absolute atomic E-state index is 0.0126. The van der Waals surface area contributed by atoms with Crippen LogP contribution in [-0.4, -0.2) is 23.2 Å². The lowest BCUT2D eigenvalue weighted by atomic mass is 9.85. The van der Waals surface area contributed by atoms with Crippen molar-refractivity contribution in [1.82, 2.24) is 10.2 Å². The Morgan fingerprint density at radius 2 is 1.91 bits per heavy atom. The first-order valence-corrected chi connectivity index (χ1v) is 10.9. The Morgan fingerprint density at radius 1 is 1.15 bits per heavy atom. The van der Waals surface area contributed by atoms with Crippen molar-refractivity contribution in [3.05, 3.63) is 80.4 Å². The van der Waals surface area contributed by atoms with Gasteiger partial charge in [0, 0.05) is 16.1 Å². The normalized spacial score (nSPS) is 10.8. The highest BCUT2D eigenvalue weighted by Crippen LogP contribution is 2.36. The van der Waals surface area contributed by atoms with Gasteiger partial charge in [0.2, 0.25) is 11.8 Å². The van der Waals surface area contributed by atoms with Crippen LogP contribution in [0.3, 0.4) is 0 Å². The van der Waals surface area contributed by atoms with Crippen molar-refractivity contribution >= 4 is 36.5 Å². The van der Waals surface area contributed by atoms with E-state index in [2.05, 4.69) is 10.2 Å². The van der Waals surface area contributed by atoms with E-state index in [9.17, 15) is 5.11 Å². The Morgan fingerprint density at radius 3 is 2.65 bits per heavy atom. The van der Waals surface area contributed by atoms with Gasteiger partial charge in [0.25, 0.3) is 0 Å². The van der Waals surface area contributed by atoms with Crippen molar-refractivity contribution in [2.45, 2.75) is 20.3 Å². The molecule has 3 aromatic carbocycles. The Labute approximate surface area is 205 Å². The molecule has 0 amide bonds. The topological polar surface area (TPSA) is 92.2 Å². The van der Waals surface area contributed by atoms with Crippen LogP contribution in [0, 0.1) is 31.0 Å². The molecule has 0 aliphatic heterocycles. The van der Waals surface area contributed by atoms with E-state index in [4.69, 9.17) is 37.6 Å². The van der Waals surface area contributed by atoms with Gasteiger partial charge in [0.1, 0.15) is 19.3 Å². The number of phenols is 1. The van der Waals surface area contributed by atoms with Crippen LogP contribution in [0.5, 0.6) is 17.2 Å². The number of phenolic OH excluding ortho intramolecular Hbond substituents is 1. The van der Waals surface area contributed by atoms with Crippen LogP contribution >= 0.6 is 23.2 Å². The SMILES string of the molecule is Bc1c(O)c(C)cc(C)c1-c1nnc(Cc2ccc(Cl)c(Oc3cc(Cl)cc(C#N)c3)c2F)o1. The summed E-state index contributed by atoms with van der Waals surface area (Å²) in [5.41, 5.74) is 3.36. The first-order chi connectivity index (χ1) is 16.2. The molecule has 1 aromatic heterocycles. The zero-order valence-electron chi connectivity index (χ0n) is 18.4. The van der Waals surface area contributed by atoms with E-state index >= 15 is 4.39 Å². The van der Waals surface area contributed by atoms with Crippen molar-refractivity contribution in [2.75, 3.05) is 0 Å². The van der Waals surface area contributed by atoms with Gasteiger partial charge in [-0.25, -0.2) is 4.39 Å². The van der Waals surface area contributed by atoms with Crippen LogP contribution in [0.25, 0.3) is 11.5 Å². The maximum absolute atomic E-state index is 15.3. The van der Waals surface area contributed by atoms with E-state index in [-0.39, 0.29) is 56.6 Å². The summed E-state index contributed by atoms with van der Waals surface area (Å²) in [7, 11) is 1.77. The average Bonchev–Trinajstić information content (AvgIpc) is 3.24. The molecule has 0 bridgehead atoms. The molecule has 0 aliphatic carbocycles. The van der Waals surface area contributed by atoms with Crippen molar-refractivity contribution in [1.29, 1.82) is 5.26 Å². The third kappa shape index (κ3) is 4.58. The molecule has 0 saturated carbocycles. The molecular formula is C24H17BCl2FN3O3. The average molecular weight is 496 g/mol. The summed E-state index contributed by atoms with van der Waals surface area (Å²) < 4.78 is 26.7. The number of halogens is 3. The predicted molar refractivity (Wildman–Crippen MR) is 130 cm³/mol. The van der Waals surface area contributed by atoms with Gasteiger partial charge in [-0.05, 0) is 54.7 Å². The van der Waals surface area contributed by atoms with Crippen LogP contribution < -0.4 is 10.2 Å². The number of rotatable bonds is 5. The van der Waals surface area contributed by atoms with Gasteiger partial charge in [-0.2, -0.15) is 5.26 Å². The largest absolute Gasteiger partial charge is 0.508 e. The molecule has 34 heavy (non-hydrogen) atoms. The molecule has 0 unspecified atom stereocenters. The zero-order valence-corrected chi connectivity index (χ0v) is 19.9. The van der Waals surface area contributed by atoms with E-state index in [1.807, 2.05) is 26.0 Å². The fraction of sp³-hybridized carbons (Fsp3) is 0.125. The second-order valence-corrected chi connectivity index (χ2v) is 8.62. The molecule has 0 radical (unpaired) electrons. The Hall–Kier alpha value is -3.54. The molecule has 0 saturated heterocycles. The summed E-state index contributed by atoms with van der Waals surface area (Å²) in [5, 5.41) is 27.9. The van der Waals surface area contributed by atoms with Crippen LogP contribution in [0.4, 0.5) is 4.39 Å². The van der Waals surface area contributed by atoms with E-state index in [0.717, 1.165) is 11.1 Å². The molecular weight excluding hydrogens is 479 g/mol. The maximum Gasteiger partial charge on any atom is 0.247 e. The highest BCUT2D eigenvalue weighted by Gasteiger charge is 2.20. The van der Waals surface area contributed by atoms with Gasteiger partial charge < -0.3 is 14.3 Å². The third-order valence-corrected chi connectivity index (χ3v) is 5.82. The Kier molecular flexibility index (Phi) is 6.51. The number of nitriles is 1. The predicted octanol–water partition coefficient (Wildman–Crippen LogP) is 5.02. The van der Waals surface area contributed by atoms with E-state index in [1.165, 1.54) is 30.3 Å². The molecule has 0 spiro atoms. The van der Waals surface area contributed by atoms with Crippen molar-refractivity contribution in [3.63, 3.8) is 0 Å². The number of hydrogen-bond acceptors (Lipinski definition) is 6. The first-order valence-electron chi connectivity index (χ1n) is 10.2. The minimum Gasteiger partial charge on any atom is -0.508 e. The fourth-order valence-corrected chi connectivity index (χ4v) is 4.11. The number of benzene rings is 3. The van der Waals surface area contributed by atoms with Crippen LogP contribution in [0.15, 0.2) is 40.8 Å². The van der Waals surface area contributed by atoms with Gasteiger partial charge in [-0.15, -0.1) is 10.2 Å². The van der Waals surface area contributed by atoms with Crippen molar-refractivity contribution in [3.8, 4) is 34.8 Å². The summed E-state index contributed by atoms with van der Waals surface area (Å²) >= 11 is 12.2. The fourth-order valence-electron chi connectivity index (χ4n) is 3.70. The quantitative estimate of drug-likeness (QED) is 0.391. The van der Waals surface area contributed by atoms with Crippen LogP contribution in [0.1, 0.15) is 28.1 Å². The molecule has 1 N–H and O–H groups in total. The van der Waals surface area contributed by atoms with Crippen molar-refractivity contribution < 1.29 is 18.7 Å². The molecule has 0 fully saturated rings. The van der Waals surface area contributed by atoms with E-state index in [0.29, 0.717) is 11.0 Å². The molecule has 170 valence electrons. The lowest BCUT2D eigenvalue weighted by Crippen LogP contribution is -2.11. The molecule has 0 atom stereocenters. The Bertz CT molecular complexity index is 1470. The maximum atomic E-state index is 15.3. The molecule has 4 aromatic rings. The number of ether oxygens (including phenoxy) is 1. The second-order valence-electron chi connectivity index (χ2n) is 7.78. The highest BCUT2D eigenvalue weighted by molar-refractivity contribution is 6.38. The summed E-state index contributed by atoms with van der Waals surface area (Å²) in [6, 6.07) is 11.1. The molecule has 4 rings (SSSR count). The van der Waals surface area contributed by atoms with Gasteiger partial charge in [0.15, 0.2) is 11.6 Å². The van der Waals surface area contributed by atoms with Gasteiger partial charge in [-0.1, -0.05) is 35.3 Å². The lowest BCUT2D eigenvalue weighted by molar-refractivity contribution is 0.437. The molecule has 1 heterocycles. The monoisotopic (exact) mass is 495 g/mol. The van der Waals surface area contributed by atoms with Gasteiger partial charge in [0.05, 0.1) is 23.1 Å². The lowest BCUT2D eigenvalue weighted by Gasteiger charge is -2.12. The summed E-state index contributed by atoms with van der Waals surface area (Å²) in [4.78, 5) is 0. The van der Waals surface area contributed by atoms with Crippen LogP contribution in [-0.2, 0) is 6.42 Å². The number of nitrogens with zero attached hydrogens (tertiary/aromatic N) is 3. The summed E-state index contributed by atoms with van der Waals surface area (Å²) in [6.07, 6.45) is -0.0126. The third-order valence-electron chi connectivity index (χ3n) is 5.30. The standard InChI is InChI=1S/C24H17BCl2FN3O3/c1-11-5-12(2)22(32)20(25)19(11)24-31-30-18(34-24)8-14-3-4-17(27)23(21(14)28)33-16-7-13(10-29)6-15(26)9-16/h3-7,9,32H,8,25H2,1-2H3. The number of aromatic nitrogens is 2. The first kappa shape index (κ1) is 23.6. The number of aryl methyl sites for hydroxylation is 2.